The molecule has 0 spiro atoms. The maximum atomic E-state index is 5.60. The van der Waals surface area contributed by atoms with Gasteiger partial charge in [-0.05, 0) is 38.7 Å². The number of ether oxygens (including phenoxy) is 1. The largest absolute Gasteiger partial charge is 0.381 e. The van der Waals surface area contributed by atoms with Crippen LogP contribution < -0.4 is 10.6 Å². The summed E-state index contributed by atoms with van der Waals surface area (Å²) in [6, 6.07) is 11.2. The van der Waals surface area contributed by atoms with Gasteiger partial charge >= 0.3 is 0 Å². The van der Waals surface area contributed by atoms with Crippen LogP contribution in [0.5, 0.6) is 0 Å². The zero-order chi connectivity index (χ0) is 16.5. The molecule has 4 nitrogen and oxygen atoms in total. The lowest BCUT2D eigenvalue weighted by Gasteiger charge is -2.36. The molecule has 0 bridgehead atoms. The summed E-state index contributed by atoms with van der Waals surface area (Å²) in [4.78, 5) is 4.91. The van der Waals surface area contributed by atoms with Crippen molar-refractivity contribution >= 4 is 29.9 Å². The van der Waals surface area contributed by atoms with Crippen molar-refractivity contribution in [3.05, 3.63) is 35.9 Å². The molecule has 136 valence electrons. The quantitative estimate of drug-likeness (QED) is 0.399. The predicted molar refractivity (Wildman–Crippen MR) is 112 cm³/mol. The summed E-state index contributed by atoms with van der Waals surface area (Å²) in [6.07, 6.45) is 3.15. The molecule has 0 saturated carbocycles. The van der Waals surface area contributed by atoms with Gasteiger partial charge in [-0.2, -0.15) is 0 Å². The Morgan fingerprint density at radius 1 is 1.21 bits per heavy atom. The van der Waals surface area contributed by atoms with Crippen LogP contribution in [0.2, 0.25) is 0 Å². The molecule has 0 amide bonds. The third-order valence-corrected chi connectivity index (χ3v) is 4.72. The molecule has 0 aliphatic carbocycles. The Morgan fingerprint density at radius 2 is 1.88 bits per heavy atom. The molecule has 1 atom stereocenters. The summed E-state index contributed by atoms with van der Waals surface area (Å²) in [7, 11) is 0. The highest BCUT2D eigenvalue weighted by Gasteiger charge is 2.34. The van der Waals surface area contributed by atoms with Crippen molar-refractivity contribution in [3.63, 3.8) is 0 Å². The first-order valence-electron chi connectivity index (χ1n) is 8.88. The first-order chi connectivity index (χ1) is 11.2. The van der Waals surface area contributed by atoms with Crippen molar-refractivity contribution in [1.82, 2.24) is 10.6 Å². The van der Waals surface area contributed by atoms with E-state index in [9.17, 15) is 0 Å². The van der Waals surface area contributed by atoms with Crippen molar-refractivity contribution < 1.29 is 4.74 Å². The Kier molecular flexibility index (Phi) is 9.66. The topological polar surface area (TPSA) is 45.7 Å². The van der Waals surface area contributed by atoms with E-state index in [-0.39, 0.29) is 29.4 Å². The third kappa shape index (κ3) is 5.92. The minimum atomic E-state index is 0. The molecule has 1 fully saturated rings. The zero-order valence-corrected chi connectivity index (χ0v) is 17.5. The second kappa shape index (κ2) is 10.9. The van der Waals surface area contributed by atoms with Gasteiger partial charge in [0.15, 0.2) is 5.96 Å². The van der Waals surface area contributed by atoms with E-state index in [4.69, 9.17) is 9.73 Å². The summed E-state index contributed by atoms with van der Waals surface area (Å²) in [5, 5.41) is 6.85. The molecule has 24 heavy (non-hydrogen) atoms. The van der Waals surface area contributed by atoms with Gasteiger partial charge in [0, 0.05) is 31.2 Å². The summed E-state index contributed by atoms with van der Waals surface area (Å²) >= 11 is 0. The minimum absolute atomic E-state index is 0. The van der Waals surface area contributed by atoms with Gasteiger partial charge in [0.05, 0.1) is 6.54 Å². The number of rotatable bonds is 6. The average molecular weight is 445 g/mol. The van der Waals surface area contributed by atoms with Crippen molar-refractivity contribution in [2.75, 3.05) is 26.3 Å². The molecule has 2 rings (SSSR count). The summed E-state index contributed by atoms with van der Waals surface area (Å²) in [5.74, 6) is 0.920. The van der Waals surface area contributed by atoms with Gasteiger partial charge in [0.25, 0.3) is 0 Å². The van der Waals surface area contributed by atoms with Gasteiger partial charge in [-0.1, -0.05) is 37.3 Å². The first-order valence-corrected chi connectivity index (χ1v) is 8.88. The number of halogens is 1. The molecule has 1 unspecified atom stereocenters. The van der Waals surface area contributed by atoms with Crippen LogP contribution in [0.25, 0.3) is 0 Å². The zero-order valence-electron chi connectivity index (χ0n) is 15.2. The number of hydrogen-bond donors (Lipinski definition) is 2. The Balaban J connectivity index is 0.00000288. The van der Waals surface area contributed by atoms with E-state index in [1.807, 2.05) is 0 Å². The number of benzene rings is 1. The standard InChI is InChI=1S/C19H31N3O.HI/c1-4-16(3)22-18(20-5-2)21-15-19(11-13-23-14-12-19)17-9-7-6-8-10-17;/h6-10,16H,4-5,11-15H2,1-3H3,(H2,20,21,22);1H. The van der Waals surface area contributed by atoms with E-state index in [0.717, 1.165) is 51.5 Å². The van der Waals surface area contributed by atoms with Crippen LogP contribution in [0.15, 0.2) is 35.3 Å². The highest BCUT2D eigenvalue weighted by atomic mass is 127. The van der Waals surface area contributed by atoms with Crippen molar-refractivity contribution in [2.24, 2.45) is 4.99 Å². The number of nitrogens with zero attached hydrogens (tertiary/aromatic N) is 1. The molecule has 0 aromatic heterocycles. The summed E-state index contributed by atoms with van der Waals surface area (Å²) in [6.45, 7) is 9.80. The fourth-order valence-corrected chi connectivity index (χ4v) is 2.98. The van der Waals surface area contributed by atoms with Crippen LogP contribution in [0, 0.1) is 0 Å². The highest BCUT2D eigenvalue weighted by molar-refractivity contribution is 14.0. The van der Waals surface area contributed by atoms with E-state index >= 15 is 0 Å². The predicted octanol–water partition coefficient (Wildman–Crippen LogP) is 3.71. The van der Waals surface area contributed by atoms with E-state index in [0.29, 0.717) is 6.04 Å². The molecule has 1 aromatic rings. The fourth-order valence-electron chi connectivity index (χ4n) is 2.98. The smallest absolute Gasteiger partial charge is 0.191 e. The van der Waals surface area contributed by atoms with Crippen LogP contribution in [0.1, 0.15) is 45.6 Å². The Bertz CT molecular complexity index is 487. The van der Waals surface area contributed by atoms with Gasteiger partial charge < -0.3 is 15.4 Å². The molecular weight excluding hydrogens is 413 g/mol. The van der Waals surface area contributed by atoms with Crippen molar-refractivity contribution in [3.8, 4) is 0 Å². The van der Waals surface area contributed by atoms with Gasteiger partial charge in [-0.25, -0.2) is 0 Å². The van der Waals surface area contributed by atoms with E-state index in [2.05, 4.69) is 61.7 Å². The fraction of sp³-hybridized carbons (Fsp3) is 0.632. The lowest BCUT2D eigenvalue weighted by Crippen LogP contribution is -2.44. The SMILES string of the molecule is CCNC(=NCC1(c2ccccc2)CCOCC1)NC(C)CC.I. The minimum Gasteiger partial charge on any atom is -0.381 e. The Labute approximate surface area is 163 Å². The molecule has 1 heterocycles. The first kappa shape index (κ1) is 21.2. The molecule has 1 aromatic carbocycles. The monoisotopic (exact) mass is 445 g/mol. The van der Waals surface area contributed by atoms with Gasteiger partial charge in [0.1, 0.15) is 0 Å². The third-order valence-electron chi connectivity index (χ3n) is 4.72. The normalized spacial score (nSPS) is 18.4. The van der Waals surface area contributed by atoms with Gasteiger partial charge in [-0.3, -0.25) is 4.99 Å². The van der Waals surface area contributed by atoms with E-state index < -0.39 is 0 Å². The van der Waals surface area contributed by atoms with Crippen LogP contribution in [-0.2, 0) is 10.2 Å². The summed E-state index contributed by atoms with van der Waals surface area (Å²) in [5.41, 5.74) is 1.48. The van der Waals surface area contributed by atoms with Crippen molar-refractivity contribution in [2.45, 2.75) is 51.5 Å². The van der Waals surface area contributed by atoms with Crippen LogP contribution in [0.4, 0.5) is 0 Å². The second-order valence-electron chi connectivity index (χ2n) is 6.41. The van der Waals surface area contributed by atoms with Gasteiger partial charge in [0.2, 0.25) is 0 Å². The molecule has 1 aliphatic rings. The number of nitrogens with one attached hydrogen (secondary N) is 2. The van der Waals surface area contributed by atoms with E-state index in [1.54, 1.807) is 0 Å². The maximum absolute atomic E-state index is 5.60. The van der Waals surface area contributed by atoms with Crippen LogP contribution in [0.3, 0.4) is 0 Å². The molecule has 1 aliphatic heterocycles. The van der Waals surface area contributed by atoms with Gasteiger partial charge in [-0.15, -0.1) is 24.0 Å². The Hall–Kier alpha value is -0.820. The molecule has 0 radical (unpaired) electrons. The average Bonchev–Trinajstić information content (AvgIpc) is 2.61. The molecule has 1 saturated heterocycles. The molecule has 5 heteroatoms. The number of aliphatic imine (C=N–C) groups is 1. The molecule has 2 N–H and O–H groups in total. The lowest BCUT2D eigenvalue weighted by atomic mass is 9.74. The second-order valence-corrected chi connectivity index (χ2v) is 6.41. The lowest BCUT2D eigenvalue weighted by molar-refractivity contribution is 0.0531. The van der Waals surface area contributed by atoms with E-state index in [1.165, 1.54) is 5.56 Å². The summed E-state index contributed by atoms with van der Waals surface area (Å²) < 4.78 is 5.60. The van der Waals surface area contributed by atoms with Crippen LogP contribution in [-0.4, -0.2) is 38.3 Å². The van der Waals surface area contributed by atoms with Crippen molar-refractivity contribution in [1.29, 1.82) is 0 Å². The molecular formula is C19H32IN3O. The highest BCUT2D eigenvalue weighted by Crippen LogP contribution is 2.35. The maximum Gasteiger partial charge on any atom is 0.191 e. The van der Waals surface area contributed by atoms with Crippen LogP contribution >= 0.6 is 24.0 Å². The number of guanidine groups is 1. The Morgan fingerprint density at radius 3 is 2.46 bits per heavy atom. The number of hydrogen-bond acceptors (Lipinski definition) is 2.